The molecule has 1 rings (SSSR count). The van der Waals surface area contributed by atoms with Crippen molar-refractivity contribution >= 4 is 29.7 Å². The lowest BCUT2D eigenvalue weighted by atomic mass is 10.0. The summed E-state index contributed by atoms with van der Waals surface area (Å²) in [6.07, 6.45) is -0.238. The van der Waals surface area contributed by atoms with Gasteiger partial charge in [-0.15, -0.1) is 11.6 Å². The molecule has 0 fully saturated rings. The number of hydrazine groups is 1. The fraction of sp³-hybridized carbons (Fsp3) is 0.438. The number of aliphatic imine (C=N–C) groups is 2. The Morgan fingerprint density at radius 3 is 2.56 bits per heavy atom. The van der Waals surface area contributed by atoms with E-state index in [1.54, 1.807) is 0 Å². The molecule has 0 aliphatic rings. The van der Waals surface area contributed by atoms with Gasteiger partial charge in [0.05, 0.1) is 17.4 Å². The van der Waals surface area contributed by atoms with Gasteiger partial charge in [-0.3, -0.25) is 20.8 Å². The first-order valence-corrected chi connectivity index (χ1v) is 8.24. The number of rotatable bonds is 9. The Morgan fingerprint density at radius 1 is 1.32 bits per heavy atom. The number of allylic oxidation sites excluding steroid dienone is 1. The van der Waals surface area contributed by atoms with E-state index in [0.717, 1.165) is 30.0 Å². The van der Waals surface area contributed by atoms with Crippen LogP contribution in [0, 0.1) is 0 Å². The molecule has 0 bridgehead atoms. The molecule has 9 heteroatoms. The molecule has 0 radical (unpaired) electrons. The molecule has 0 amide bonds. The molecule has 0 aromatic carbocycles. The monoisotopic (exact) mass is 375 g/mol. The Hall–Kier alpha value is -2.09. The van der Waals surface area contributed by atoms with Crippen LogP contribution in [0.4, 0.5) is 18.9 Å². The van der Waals surface area contributed by atoms with E-state index in [9.17, 15) is 13.2 Å². The van der Waals surface area contributed by atoms with Crippen molar-refractivity contribution in [3.05, 3.63) is 35.4 Å². The number of nitrogens with one attached hydrogen (secondary N) is 2. The molecule has 2 N–H and O–H groups in total. The van der Waals surface area contributed by atoms with Gasteiger partial charge in [0.15, 0.2) is 0 Å². The molecule has 0 saturated carbocycles. The normalized spacial score (nSPS) is 13.3. The third kappa shape index (κ3) is 6.38. The van der Waals surface area contributed by atoms with Crippen LogP contribution in [0.15, 0.2) is 39.8 Å². The molecule has 0 spiro atoms. The first-order valence-electron chi connectivity index (χ1n) is 7.71. The summed E-state index contributed by atoms with van der Waals surface area (Å²) in [5.74, 6) is 0.386. The zero-order valence-electron chi connectivity index (χ0n) is 14.1. The van der Waals surface area contributed by atoms with Gasteiger partial charge >= 0.3 is 6.18 Å². The van der Waals surface area contributed by atoms with Crippen LogP contribution in [0.1, 0.15) is 38.7 Å². The molecule has 1 aromatic rings. The highest BCUT2D eigenvalue weighted by molar-refractivity contribution is 6.18. The van der Waals surface area contributed by atoms with Crippen LogP contribution < -0.4 is 10.9 Å². The van der Waals surface area contributed by atoms with Crippen molar-refractivity contribution < 1.29 is 13.2 Å². The lowest BCUT2D eigenvalue weighted by Gasteiger charge is -2.16. The van der Waals surface area contributed by atoms with Gasteiger partial charge in [0, 0.05) is 17.5 Å². The molecule has 0 aliphatic carbocycles. The second-order valence-electron chi connectivity index (χ2n) is 5.02. The van der Waals surface area contributed by atoms with Crippen molar-refractivity contribution in [3.8, 4) is 0 Å². The largest absolute Gasteiger partial charge is 0.417 e. The van der Waals surface area contributed by atoms with E-state index in [2.05, 4.69) is 32.5 Å². The molecule has 25 heavy (non-hydrogen) atoms. The number of hydrogen-bond acceptors (Lipinski definition) is 5. The van der Waals surface area contributed by atoms with Crippen LogP contribution in [0.5, 0.6) is 0 Å². The summed E-state index contributed by atoms with van der Waals surface area (Å²) in [5.41, 5.74) is 6.34. The number of alkyl halides is 4. The molecule has 5 nitrogen and oxygen atoms in total. The van der Waals surface area contributed by atoms with Crippen molar-refractivity contribution in [2.75, 3.05) is 11.4 Å². The van der Waals surface area contributed by atoms with E-state index in [4.69, 9.17) is 11.6 Å². The van der Waals surface area contributed by atoms with E-state index in [1.165, 1.54) is 6.20 Å². The van der Waals surface area contributed by atoms with E-state index in [0.29, 0.717) is 18.7 Å². The predicted octanol–water partition coefficient (Wildman–Crippen LogP) is 4.78. The zero-order valence-corrected chi connectivity index (χ0v) is 14.9. The SMILES string of the molecule is C=N/C(NNc1cncc(C(F)(F)F)c1)=C(CC)\C(CCC)=N/CCl. The Bertz CT molecular complexity index is 641. The average molecular weight is 376 g/mol. The molecule has 0 unspecified atom stereocenters. The van der Waals surface area contributed by atoms with Crippen molar-refractivity contribution in [2.24, 2.45) is 9.98 Å². The van der Waals surface area contributed by atoms with Gasteiger partial charge in [0.1, 0.15) is 11.8 Å². The molecule has 1 heterocycles. The molecule has 0 saturated heterocycles. The Morgan fingerprint density at radius 2 is 2.04 bits per heavy atom. The highest BCUT2D eigenvalue weighted by atomic mass is 35.5. The molecule has 138 valence electrons. The van der Waals surface area contributed by atoms with E-state index in [-0.39, 0.29) is 11.7 Å². The Labute approximate surface area is 150 Å². The molecule has 0 aliphatic heterocycles. The smallest absolute Gasteiger partial charge is 0.298 e. The van der Waals surface area contributed by atoms with Crippen molar-refractivity contribution in [1.29, 1.82) is 0 Å². The highest BCUT2D eigenvalue weighted by Crippen LogP contribution is 2.29. The third-order valence-electron chi connectivity index (χ3n) is 3.27. The van der Waals surface area contributed by atoms with Gasteiger partial charge < -0.3 is 0 Å². The van der Waals surface area contributed by atoms with Crippen LogP contribution in [0.2, 0.25) is 0 Å². The average Bonchev–Trinajstić information content (AvgIpc) is 2.58. The standard InChI is InChI=1S/C16H21ClF3N5/c1-4-6-14(23-10-17)13(5-2)15(21-3)25-24-12-7-11(8-22-9-12)16(18,19)20/h7-9,24-25H,3-6,10H2,1-2H3/b15-13+,23-14-. The van der Waals surface area contributed by atoms with Gasteiger partial charge in [0.25, 0.3) is 0 Å². The quantitative estimate of drug-likeness (QED) is 0.283. The number of nitrogens with zero attached hydrogens (tertiary/aromatic N) is 3. The number of halogens is 4. The first kappa shape index (κ1) is 21.0. The van der Waals surface area contributed by atoms with Crippen LogP contribution in [0.3, 0.4) is 0 Å². The fourth-order valence-corrected chi connectivity index (χ4v) is 2.29. The van der Waals surface area contributed by atoms with Crippen LogP contribution in [0.25, 0.3) is 0 Å². The van der Waals surface area contributed by atoms with Crippen molar-refractivity contribution in [1.82, 2.24) is 10.4 Å². The van der Waals surface area contributed by atoms with Crippen LogP contribution in [-0.2, 0) is 6.18 Å². The third-order valence-corrected chi connectivity index (χ3v) is 3.39. The first-order chi connectivity index (χ1) is 11.9. The summed E-state index contributed by atoms with van der Waals surface area (Å²) in [7, 11) is 0. The van der Waals surface area contributed by atoms with E-state index >= 15 is 0 Å². The van der Waals surface area contributed by atoms with Crippen LogP contribution in [-0.4, -0.2) is 23.4 Å². The summed E-state index contributed by atoms with van der Waals surface area (Å²) >= 11 is 5.71. The molecular weight excluding hydrogens is 355 g/mol. The Kier molecular flexibility index (Phi) is 8.40. The summed E-state index contributed by atoms with van der Waals surface area (Å²) in [4.78, 5) is 11.8. The summed E-state index contributed by atoms with van der Waals surface area (Å²) < 4.78 is 38.2. The maximum atomic E-state index is 12.7. The molecular formula is C16H21ClF3N5. The van der Waals surface area contributed by atoms with Gasteiger partial charge in [-0.25, -0.2) is 4.99 Å². The lowest BCUT2D eigenvalue weighted by molar-refractivity contribution is -0.137. The Balaban J connectivity index is 3.04. The topological polar surface area (TPSA) is 61.7 Å². The van der Waals surface area contributed by atoms with Gasteiger partial charge in [0.2, 0.25) is 0 Å². The number of hydrogen-bond donors (Lipinski definition) is 2. The highest BCUT2D eigenvalue weighted by Gasteiger charge is 2.31. The summed E-state index contributed by atoms with van der Waals surface area (Å²) in [5, 5.41) is 0. The predicted molar refractivity (Wildman–Crippen MR) is 95.9 cm³/mol. The minimum absolute atomic E-state index is 0.119. The maximum Gasteiger partial charge on any atom is 0.417 e. The second kappa shape index (κ2) is 10.0. The van der Waals surface area contributed by atoms with E-state index < -0.39 is 11.7 Å². The second-order valence-corrected chi connectivity index (χ2v) is 5.26. The molecule has 1 aromatic heterocycles. The minimum Gasteiger partial charge on any atom is -0.298 e. The minimum atomic E-state index is -4.46. The maximum absolute atomic E-state index is 12.7. The van der Waals surface area contributed by atoms with Gasteiger partial charge in [-0.1, -0.05) is 20.3 Å². The lowest BCUT2D eigenvalue weighted by Crippen LogP contribution is -2.24. The number of anilines is 1. The summed E-state index contributed by atoms with van der Waals surface area (Å²) in [6, 6.07) is 1.07. The van der Waals surface area contributed by atoms with Gasteiger partial charge in [-0.2, -0.15) is 13.2 Å². The number of aromatic nitrogens is 1. The van der Waals surface area contributed by atoms with Crippen LogP contribution >= 0.6 is 11.6 Å². The zero-order chi connectivity index (χ0) is 18.9. The fourth-order valence-electron chi connectivity index (χ4n) is 2.15. The van der Waals surface area contributed by atoms with E-state index in [1.807, 2.05) is 13.8 Å². The summed E-state index contributed by atoms with van der Waals surface area (Å²) in [6.45, 7) is 7.44. The van der Waals surface area contributed by atoms with Crippen molar-refractivity contribution in [2.45, 2.75) is 39.3 Å². The van der Waals surface area contributed by atoms with Crippen molar-refractivity contribution in [3.63, 3.8) is 0 Å². The molecule has 0 atom stereocenters. The van der Waals surface area contributed by atoms with Gasteiger partial charge in [-0.05, 0) is 25.6 Å². The number of pyridine rings is 1.